The fourth-order valence-electron chi connectivity index (χ4n) is 3.46. The van der Waals surface area contributed by atoms with E-state index < -0.39 is 16.0 Å². The monoisotopic (exact) mass is 415 g/mol. The third kappa shape index (κ3) is 3.96. The number of anilines is 1. The quantitative estimate of drug-likeness (QED) is 0.617. The number of fused-ring (bicyclic) bond motifs is 1. The number of sulfonamides is 1. The number of hydrogen-bond donors (Lipinski definition) is 1. The molecule has 0 radical (unpaired) electrons. The van der Waals surface area contributed by atoms with Crippen LogP contribution < -0.4 is 9.62 Å². The van der Waals surface area contributed by atoms with E-state index in [-0.39, 0.29) is 17.5 Å². The van der Waals surface area contributed by atoms with Crippen molar-refractivity contribution in [2.75, 3.05) is 25.1 Å². The fourth-order valence-corrected chi connectivity index (χ4v) is 4.53. The Morgan fingerprint density at radius 2 is 2.00 bits per heavy atom. The topological polar surface area (TPSA) is 102 Å². The lowest BCUT2D eigenvalue weighted by molar-refractivity contribution is 0.0600. The molecule has 2 heterocycles. The van der Waals surface area contributed by atoms with Gasteiger partial charge in [-0.1, -0.05) is 12.1 Å². The first-order valence-corrected chi connectivity index (χ1v) is 10.8. The van der Waals surface area contributed by atoms with Gasteiger partial charge in [-0.05, 0) is 49.2 Å². The molecule has 0 saturated carbocycles. The first kappa shape index (κ1) is 19.4. The molecule has 4 rings (SSSR count). The number of rotatable bonds is 6. The summed E-state index contributed by atoms with van der Waals surface area (Å²) in [7, 11) is -2.43. The smallest absolute Gasteiger partial charge is 0.337 e. The zero-order valence-electron chi connectivity index (χ0n) is 15.9. The molecule has 0 aliphatic carbocycles. The average Bonchev–Trinajstić information content (AvgIpc) is 3.38. The van der Waals surface area contributed by atoms with Crippen LogP contribution >= 0.6 is 0 Å². The van der Waals surface area contributed by atoms with Crippen molar-refractivity contribution < 1.29 is 22.4 Å². The number of esters is 1. The molecule has 29 heavy (non-hydrogen) atoms. The zero-order chi connectivity index (χ0) is 20.4. The Morgan fingerprint density at radius 1 is 1.24 bits per heavy atom. The fraction of sp³-hybridized carbons (Fsp3) is 0.300. The van der Waals surface area contributed by atoms with Gasteiger partial charge in [0.2, 0.25) is 10.0 Å². The van der Waals surface area contributed by atoms with Gasteiger partial charge in [-0.3, -0.25) is 0 Å². The lowest BCUT2D eigenvalue weighted by atomic mass is 10.2. The number of para-hydroxylation sites is 2. The highest BCUT2D eigenvalue weighted by molar-refractivity contribution is 7.89. The Hall–Kier alpha value is -2.91. The van der Waals surface area contributed by atoms with Crippen LogP contribution in [0.25, 0.3) is 11.1 Å². The zero-order valence-corrected chi connectivity index (χ0v) is 16.7. The van der Waals surface area contributed by atoms with E-state index in [1.807, 2.05) is 29.2 Å². The second-order valence-corrected chi connectivity index (χ2v) is 8.59. The van der Waals surface area contributed by atoms with Crippen LogP contribution in [0.1, 0.15) is 23.2 Å². The number of carbonyl (C=O) groups excluding carboxylic acids is 1. The summed E-state index contributed by atoms with van der Waals surface area (Å²) >= 11 is 0. The molecule has 1 aliphatic heterocycles. The Kier molecular flexibility index (Phi) is 5.25. The lowest BCUT2D eigenvalue weighted by Crippen LogP contribution is -2.40. The lowest BCUT2D eigenvalue weighted by Gasteiger charge is -2.23. The van der Waals surface area contributed by atoms with Crippen LogP contribution in [0, 0.1) is 0 Å². The second kappa shape index (κ2) is 7.84. The van der Waals surface area contributed by atoms with Gasteiger partial charge in [-0.15, -0.1) is 0 Å². The minimum absolute atomic E-state index is 0.0489. The molecule has 0 spiro atoms. The summed E-state index contributed by atoms with van der Waals surface area (Å²) in [4.78, 5) is 18.1. The van der Waals surface area contributed by atoms with Crippen LogP contribution in [0.5, 0.6) is 0 Å². The molecule has 1 unspecified atom stereocenters. The van der Waals surface area contributed by atoms with E-state index in [1.54, 1.807) is 0 Å². The summed E-state index contributed by atoms with van der Waals surface area (Å²) in [5.41, 5.74) is 1.78. The van der Waals surface area contributed by atoms with Crippen molar-refractivity contribution in [3.05, 3.63) is 54.1 Å². The Labute approximate surface area is 168 Å². The molecule has 1 atom stereocenters. The first-order valence-electron chi connectivity index (χ1n) is 9.28. The number of oxazole rings is 1. The van der Waals surface area contributed by atoms with Crippen molar-refractivity contribution in [1.29, 1.82) is 0 Å². The second-order valence-electron chi connectivity index (χ2n) is 6.82. The molecule has 1 aromatic heterocycles. The van der Waals surface area contributed by atoms with Crippen LogP contribution in [0.3, 0.4) is 0 Å². The maximum absolute atomic E-state index is 12.6. The van der Waals surface area contributed by atoms with Crippen LogP contribution in [0.2, 0.25) is 0 Å². The van der Waals surface area contributed by atoms with E-state index in [0.29, 0.717) is 17.2 Å². The van der Waals surface area contributed by atoms with Gasteiger partial charge in [0.1, 0.15) is 5.52 Å². The molecular formula is C20H21N3O5S. The number of methoxy groups -OCH3 is 1. The van der Waals surface area contributed by atoms with E-state index in [4.69, 9.17) is 4.42 Å². The van der Waals surface area contributed by atoms with Gasteiger partial charge >= 0.3 is 5.97 Å². The number of carbonyl (C=O) groups is 1. The predicted octanol–water partition coefficient (Wildman–Crippen LogP) is 2.56. The van der Waals surface area contributed by atoms with E-state index >= 15 is 0 Å². The number of aromatic nitrogens is 1. The first-order chi connectivity index (χ1) is 14.0. The van der Waals surface area contributed by atoms with Crippen molar-refractivity contribution in [3.63, 3.8) is 0 Å². The Balaban J connectivity index is 1.46. The van der Waals surface area contributed by atoms with Gasteiger partial charge in [0.15, 0.2) is 5.58 Å². The number of benzene rings is 2. The van der Waals surface area contributed by atoms with Gasteiger partial charge in [-0.25, -0.2) is 17.9 Å². The van der Waals surface area contributed by atoms with E-state index in [0.717, 1.165) is 24.9 Å². The minimum atomic E-state index is -3.71. The summed E-state index contributed by atoms with van der Waals surface area (Å²) in [5, 5.41) is 0. The Morgan fingerprint density at radius 3 is 2.72 bits per heavy atom. The average molecular weight is 415 g/mol. The van der Waals surface area contributed by atoms with E-state index in [1.165, 1.54) is 31.4 Å². The van der Waals surface area contributed by atoms with Crippen molar-refractivity contribution in [2.45, 2.75) is 23.8 Å². The van der Waals surface area contributed by atoms with Gasteiger partial charge in [0.05, 0.1) is 17.6 Å². The number of ether oxygens (including phenoxy) is 1. The van der Waals surface area contributed by atoms with Gasteiger partial charge < -0.3 is 14.1 Å². The molecule has 1 aliphatic rings. The predicted molar refractivity (Wildman–Crippen MR) is 107 cm³/mol. The molecule has 1 saturated heterocycles. The highest BCUT2D eigenvalue weighted by atomic mass is 32.2. The SMILES string of the molecule is COC(=O)c1ccc(S(=O)(=O)NCC2CCCN2c2nc3ccccc3o2)cc1. The maximum Gasteiger partial charge on any atom is 0.337 e. The maximum atomic E-state index is 12.6. The third-order valence-corrected chi connectivity index (χ3v) is 6.44. The Bertz CT molecular complexity index is 1090. The summed E-state index contributed by atoms with van der Waals surface area (Å²) in [6.07, 6.45) is 1.77. The van der Waals surface area contributed by atoms with Crippen molar-refractivity contribution in [1.82, 2.24) is 9.71 Å². The molecule has 8 nitrogen and oxygen atoms in total. The summed E-state index contributed by atoms with van der Waals surface area (Å²) in [6.45, 7) is 0.993. The standard InChI is InChI=1S/C20H21N3O5S/c1-27-19(24)14-8-10-16(11-9-14)29(25,26)21-13-15-5-4-12-23(15)20-22-17-6-2-3-7-18(17)28-20/h2-3,6-11,15,21H,4-5,12-13H2,1H3. The van der Waals surface area contributed by atoms with Crippen LogP contribution in [0.15, 0.2) is 57.8 Å². The van der Waals surface area contributed by atoms with Gasteiger partial charge in [0, 0.05) is 19.1 Å². The molecule has 152 valence electrons. The van der Waals surface area contributed by atoms with E-state index in [2.05, 4.69) is 14.4 Å². The molecule has 9 heteroatoms. The summed E-state index contributed by atoms with van der Waals surface area (Å²) < 4.78 is 38.4. The number of nitrogens with one attached hydrogen (secondary N) is 1. The van der Waals surface area contributed by atoms with Crippen molar-refractivity contribution in [2.24, 2.45) is 0 Å². The highest BCUT2D eigenvalue weighted by Crippen LogP contribution is 2.28. The van der Waals surface area contributed by atoms with E-state index in [9.17, 15) is 13.2 Å². The normalized spacial score (nSPS) is 17.0. The molecule has 3 aromatic rings. The van der Waals surface area contributed by atoms with Crippen LogP contribution in [-0.4, -0.2) is 45.6 Å². The van der Waals surface area contributed by atoms with Crippen molar-refractivity contribution >= 4 is 33.1 Å². The van der Waals surface area contributed by atoms with Crippen LogP contribution in [-0.2, 0) is 14.8 Å². The number of hydrogen-bond acceptors (Lipinski definition) is 7. The van der Waals surface area contributed by atoms with Crippen LogP contribution in [0.4, 0.5) is 6.01 Å². The molecule has 0 amide bonds. The molecular weight excluding hydrogens is 394 g/mol. The van der Waals surface area contributed by atoms with Gasteiger partial charge in [0.25, 0.3) is 6.01 Å². The molecule has 0 bridgehead atoms. The third-order valence-electron chi connectivity index (χ3n) is 5.00. The highest BCUT2D eigenvalue weighted by Gasteiger charge is 2.29. The largest absolute Gasteiger partial charge is 0.465 e. The summed E-state index contributed by atoms with van der Waals surface area (Å²) in [5.74, 6) is -0.512. The molecule has 2 aromatic carbocycles. The van der Waals surface area contributed by atoms with Gasteiger partial charge in [-0.2, -0.15) is 4.98 Å². The van der Waals surface area contributed by atoms with Crippen molar-refractivity contribution in [3.8, 4) is 0 Å². The number of nitrogens with zero attached hydrogens (tertiary/aromatic N) is 2. The molecule has 1 fully saturated rings. The summed E-state index contributed by atoms with van der Waals surface area (Å²) in [6, 6.07) is 13.6. The minimum Gasteiger partial charge on any atom is -0.465 e. The molecule has 1 N–H and O–H groups in total.